The van der Waals surface area contributed by atoms with E-state index in [0.29, 0.717) is 6.10 Å². The summed E-state index contributed by atoms with van der Waals surface area (Å²) in [6.07, 6.45) is 2.84. The number of ether oxygens (including phenoxy) is 1. The van der Waals surface area contributed by atoms with E-state index in [1.165, 1.54) is 10.4 Å². The van der Waals surface area contributed by atoms with E-state index in [2.05, 4.69) is 25.3 Å². The third-order valence-electron chi connectivity index (χ3n) is 2.80. The van der Waals surface area contributed by atoms with E-state index >= 15 is 0 Å². The average Bonchev–Trinajstić information content (AvgIpc) is 2.73. The fourth-order valence-electron chi connectivity index (χ4n) is 1.95. The summed E-state index contributed by atoms with van der Waals surface area (Å²) in [5, 5.41) is 2.15. The molecule has 2 rings (SSSR count). The predicted molar refractivity (Wildman–Crippen MR) is 59.6 cm³/mol. The van der Waals surface area contributed by atoms with Gasteiger partial charge in [0, 0.05) is 4.88 Å². The molecule has 3 unspecified atom stereocenters. The lowest BCUT2D eigenvalue weighted by Gasteiger charge is -2.18. The van der Waals surface area contributed by atoms with Gasteiger partial charge in [0.25, 0.3) is 0 Å². The van der Waals surface area contributed by atoms with Crippen molar-refractivity contribution in [3.63, 3.8) is 0 Å². The van der Waals surface area contributed by atoms with Gasteiger partial charge in [0.2, 0.25) is 0 Å². The largest absolute Gasteiger partial charge is 0.373 e. The highest BCUT2D eigenvalue weighted by Crippen LogP contribution is 2.30. The van der Waals surface area contributed by atoms with E-state index in [1.54, 1.807) is 11.3 Å². The molecule has 1 saturated heterocycles. The zero-order valence-electron chi connectivity index (χ0n) is 8.69. The van der Waals surface area contributed by atoms with Crippen LogP contribution in [0, 0.1) is 6.92 Å². The van der Waals surface area contributed by atoms with E-state index in [4.69, 9.17) is 10.5 Å². The van der Waals surface area contributed by atoms with E-state index in [-0.39, 0.29) is 12.1 Å². The van der Waals surface area contributed by atoms with Gasteiger partial charge >= 0.3 is 0 Å². The zero-order chi connectivity index (χ0) is 10.1. The summed E-state index contributed by atoms with van der Waals surface area (Å²) >= 11 is 1.76. The molecular weight excluding hydrogens is 194 g/mol. The van der Waals surface area contributed by atoms with Crippen molar-refractivity contribution >= 4 is 11.3 Å². The summed E-state index contributed by atoms with van der Waals surface area (Å²) in [5.74, 6) is 0. The SMILES string of the molecule is Cc1cc(C(N)C2CCC(C)O2)cs1. The van der Waals surface area contributed by atoms with Crippen molar-refractivity contribution in [2.45, 2.75) is 44.9 Å². The van der Waals surface area contributed by atoms with Crippen LogP contribution in [0.5, 0.6) is 0 Å². The minimum atomic E-state index is 0.0601. The summed E-state index contributed by atoms with van der Waals surface area (Å²) in [4.78, 5) is 1.32. The quantitative estimate of drug-likeness (QED) is 0.816. The number of nitrogens with two attached hydrogens (primary N) is 1. The maximum atomic E-state index is 6.16. The van der Waals surface area contributed by atoms with Crippen LogP contribution >= 0.6 is 11.3 Å². The standard InChI is InChI=1S/C11H17NOS/c1-7-3-4-10(13-7)11(12)9-5-8(2)14-6-9/h5-7,10-11H,3-4,12H2,1-2H3. The highest BCUT2D eigenvalue weighted by molar-refractivity contribution is 7.10. The second kappa shape index (κ2) is 4.01. The fourth-order valence-corrected chi connectivity index (χ4v) is 2.70. The molecule has 0 amide bonds. The van der Waals surface area contributed by atoms with Gasteiger partial charge in [0.05, 0.1) is 18.2 Å². The predicted octanol–water partition coefficient (Wildman–Crippen LogP) is 2.62. The third-order valence-corrected chi connectivity index (χ3v) is 3.68. The van der Waals surface area contributed by atoms with E-state index in [1.807, 2.05) is 0 Å². The Kier molecular flexibility index (Phi) is 2.91. The molecule has 1 aliphatic rings. The van der Waals surface area contributed by atoms with Gasteiger partial charge < -0.3 is 10.5 Å². The molecule has 1 aromatic rings. The third kappa shape index (κ3) is 2.00. The number of rotatable bonds is 2. The van der Waals surface area contributed by atoms with Crippen molar-refractivity contribution < 1.29 is 4.74 Å². The molecule has 14 heavy (non-hydrogen) atoms. The molecule has 0 aliphatic carbocycles. The van der Waals surface area contributed by atoms with E-state index in [0.717, 1.165) is 12.8 Å². The molecular formula is C11H17NOS. The molecule has 0 radical (unpaired) electrons. The topological polar surface area (TPSA) is 35.2 Å². The van der Waals surface area contributed by atoms with Gasteiger partial charge in [-0.05, 0) is 43.7 Å². The molecule has 2 N–H and O–H groups in total. The van der Waals surface area contributed by atoms with Crippen LogP contribution in [0.15, 0.2) is 11.4 Å². The molecule has 2 nitrogen and oxygen atoms in total. The molecule has 2 heterocycles. The Bertz CT molecular complexity index is 310. The van der Waals surface area contributed by atoms with Crippen LogP contribution in [0.3, 0.4) is 0 Å². The van der Waals surface area contributed by atoms with Crippen LogP contribution in [-0.2, 0) is 4.74 Å². The Balaban J connectivity index is 2.05. The molecule has 0 saturated carbocycles. The van der Waals surface area contributed by atoms with E-state index in [9.17, 15) is 0 Å². The first kappa shape index (κ1) is 10.1. The van der Waals surface area contributed by atoms with Crippen molar-refractivity contribution in [3.05, 3.63) is 21.9 Å². The summed E-state index contributed by atoms with van der Waals surface area (Å²) < 4.78 is 5.77. The molecule has 3 heteroatoms. The van der Waals surface area contributed by atoms with Gasteiger partial charge in [-0.2, -0.15) is 0 Å². The molecule has 78 valence electrons. The molecule has 0 aromatic carbocycles. The van der Waals surface area contributed by atoms with Crippen LogP contribution in [0.1, 0.15) is 36.2 Å². The van der Waals surface area contributed by atoms with Crippen LogP contribution < -0.4 is 5.73 Å². The second-order valence-corrected chi connectivity index (χ2v) is 5.19. The summed E-state index contributed by atoms with van der Waals surface area (Å²) in [6.45, 7) is 4.23. The van der Waals surface area contributed by atoms with Gasteiger partial charge in [-0.1, -0.05) is 0 Å². The minimum absolute atomic E-state index is 0.0601. The molecule has 0 spiro atoms. The Morgan fingerprint density at radius 3 is 2.86 bits per heavy atom. The summed E-state index contributed by atoms with van der Waals surface area (Å²) in [6, 6.07) is 2.23. The number of thiophene rings is 1. The van der Waals surface area contributed by atoms with Gasteiger partial charge in [0.1, 0.15) is 0 Å². The lowest BCUT2D eigenvalue weighted by molar-refractivity contribution is 0.0402. The van der Waals surface area contributed by atoms with Gasteiger partial charge in [0.15, 0.2) is 0 Å². The lowest BCUT2D eigenvalue weighted by Crippen LogP contribution is -2.25. The summed E-state index contributed by atoms with van der Waals surface area (Å²) in [5.41, 5.74) is 7.39. The Labute approximate surface area is 89.1 Å². The smallest absolute Gasteiger partial charge is 0.0772 e. The van der Waals surface area contributed by atoms with Crippen molar-refractivity contribution in [1.82, 2.24) is 0 Å². The zero-order valence-corrected chi connectivity index (χ0v) is 9.51. The average molecular weight is 211 g/mol. The molecule has 1 aliphatic heterocycles. The second-order valence-electron chi connectivity index (χ2n) is 4.08. The molecule has 0 bridgehead atoms. The van der Waals surface area contributed by atoms with Crippen LogP contribution in [0.4, 0.5) is 0 Å². The number of hydrogen-bond donors (Lipinski definition) is 1. The summed E-state index contributed by atoms with van der Waals surface area (Å²) in [7, 11) is 0. The first-order valence-electron chi connectivity index (χ1n) is 5.13. The van der Waals surface area contributed by atoms with Crippen molar-refractivity contribution in [2.75, 3.05) is 0 Å². The van der Waals surface area contributed by atoms with Crippen molar-refractivity contribution in [3.8, 4) is 0 Å². The van der Waals surface area contributed by atoms with Crippen LogP contribution in [0.25, 0.3) is 0 Å². The molecule has 3 atom stereocenters. The first-order valence-corrected chi connectivity index (χ1v) is 6.01. The highest BCUT2D eigenvalue weighted by atomic mass is 32.1. The van der Waals surface area contributed by atoms with Gasteiger partial charge in [-0.25, -0.2) is 0 Å². The van der Waals surface area contributed by atoms with Gasteiger partial charge in [-0.3, -0.25) is 0 Å². The van der Waals surface area contributed by atoms with Crippen molar-refractivity contribution in [2.24, 2.45) is 5.73 Å². The Hall–Kier alpha value is -0.380. The molecule has 1 aromatic heterocycles. The molecule has 1 fully saturated rings. The number of aryl methyl sites for hydroxylation is 1. The lowest BCUT2D eigenvalue weighted by atomic mass is 10.0. The first-order chi connectivity index (χ1) is 6.66. The maximum Gasteiger partial charge on any atom is 0.0772 e. The van der Waals surface area contributed by atoms with Crippen LogP contribution in [-0.4, -0.2) is 12.2 Å². The Morgan fingerprint density at radius 2 is 2.36 bits per heavy atom. The monoisotopic (exact) mass is 211 g/mol. The van der Waals surface area contributed by atoms with Crippen LogP contribution in [0.2, 0.25) is 0 Å². The normalized spacial score (nSPS) is 29.4. The minimum Gasteiger partial charge on any atom is -0.373 e. The highest BCUT2D eigenvalue weighted by Gasteiger charge is 2.28. The van der Waals surface area contributed by atoms with E-state index < -0.39 is 0 Å². The van der Waals surface area contributed by atoms with Gasteiger partial charge in [-0.15, -0.1) is 11.3 Å². The van der Waals surface area contributed by atoms with Crippen molar-refractivity contribution in [1.29, 1.82) is 0 Å². The number of hydrogen-bond acceptors (Lipinski definition) is 3. The Morgan fingerprint density at radius 1 is 1.57 bits per heavy atom. The maximum absolute atomic E-state index is 6.16. The fraction of sp³-hybridized carbons (Fsp3) is 0.636.